The maximum atomic E-state index is 10.4. The largest absolute Gasteiger partial charge is 0.467 e. The van der Waals surface area contributed by atoms with E-state index >= 15 is 0 Å². The van der Waals surface area contributed by atoms with Crippen molar-refractivity contribution in [3.63, 3.8) is 0 Å². The average molecular weight is 233 g/mol. The van der Waals surface area contributed by atoms with Crippen molar-refractivity contribution < 1.29 is 9.52 Å². The third-order valence-electron chi connectivity index (χ3n) is 3.80. The van der Waals surface area contributed by atoms with E-state index in [-0.39, 0.29) is 0 Å². The molecular formula is C14H19NO2. The van der Waals surface area contributed by atoms with Crippen molar-refractivity contribution in [1.29, 1.82) is 5.26 Å². The van der Waals surface area contributed by atoms with Crippen molar-refractivity contribution in [2.24, 2.45) is 5.41 Å². The van der Waals surface area contributed by atoms with Gasteiger partial charge in [-0.1, -0.05) is 32.1 Å². The van der Waals surface area contributed by atoms with Gasteiger partial charge < -0.3 is 9.52 Å². The van der Waals surface area contributed by atoms with Gasteiger partial charge in [-0.05, 0) is 25.0 Å². The van der Waals surface area contributed by atoms with Gasteiger partial charge in [-0.2, -0.15) is 5.26 Å². The summed E-state index contributed by atoms with van der Waals surface area (Å²) >= 11 is 0. The van der Waals surface area contributed by atoms with Gasteiger partial charge in [0.2, 0.25) is 0 Å². The molecule has 1 saturated carbocycles. The molecule has 2 rings (SSSR count). The number of nitriles is 1. The minimum absolute atomic E-state index is 0.520. The Bertz CT molecular complexity index is 369. The van der Waals surface area contributed by atoms with Crippen LogP contribution in [0.15, 0.2) is 22.8 Å². The first-order chi connectivity index (χ1) is 8.28. The van der Waals surface area contributed by atoms with Crippen LogP contribution in [-0.4, -0.2) is 5.11 Å². The molecule has 0 aliphatic heterocycles. The summed E-state index contributed by atoms with van der Waals surface area (Å²) in [6.45, 7) is 0. The Morgan fingerprint density at radius 1 is 1.24 bits per heavy atom. The Balaban J connectivity index is 2.19. The Hall–Kier alpha value is -1.27. The fraction of sp³-hybridized carbons (Fsp3) is 0.643. The number of aliphatic hydroxyl groups is 1. The number of rotatable bonds is 2. The van der Waals surface area contributed by atoms with Gasteiger partial charge in [-0.3, -0.25) is 0 Å². The Morgan fingerprint density at radius 3 is 2.41 bits per heavy atom. The smallest absolute Gasteiger partial charge is 0.133 e. The van der Waals surface area contributed by atoms with E-state index in [2.05, 4.69) is 6.07 Å². The van der Waals surface area contributed by atoms with Crippen molar-refractivity contribution in [3.8, 4) is 6.07 Å². The summed E-state index contributed by atoms with van der Waals surface area (Å²) in [5, 5.41) is 19.9. The molecule has 1 unspecified atom stereocenters. The second kappa shape index (κ2) is 5.37. The average Bonchev–Trinajstić information content (AvgIpc) is 2.82. The highest BCUT2D eigenvalue weighted by molar-refractivity contribution is 5.13. The number of hydrogen-bond donors (Lipinski definition) is 1. The lowest BCUT2D eigenvalue weighted by atomic mass is 9.72. The van der Waals surface area contributed by atoms with Gasteiger partial charge in [-0.25, -0.2) is 0 Å². The summed E-state index contributed by atoms with van der Waals surface area (Å²) in [7, 11) is 0. The summed E-state index contributed by atoms with van der Waals surface area (Å²) in [6, 6.07) is 5.87. The lowest BCUT2D eigenvalue weighted by molar-refractivity contribution is 0.0266. The minimum atomic E-state index is -0.791. The quantitative estimate of drug-likeness (QED) is 0.849. The number of furan rings is 1. The number of hydrogen-bond acceptors (Lipinski definition) is 3. The molecule has 1 aliphatic carbocycles. The fourth-order valence-electron chi connectivity index (χ4n) is 2.70. The van der Waals surface area contributed by atoms with E-state index in [1.807, 2.05) is 0 Å². The van der Waals surface area contributed by atoms with Crippen molar-refractivity contribution in [2.75, 3.05) is 0 Å². The van der Waals surface area contributed by atoms with Gasteiger partial charge >= 0.3 is 0 Å². The molecule has 0 saturated heterocycles. The minimum Gasteiger partial charge on any atom is -0.467 e. The van der Waals surface area contributed by atoms with E-state index in [1.165, 1.54) is 6.42 Å². The molecule has 0 spiro atoms. The molecular weight excluding hydrogens is 214 g/mol. The third-order valence-corrected chi connectivity index (χ3v) is 3.80. The highest BCUT2D eigenvalue weighted by Crippen LogP contribution is 2.43. The van der Waals surface area contributed by atoms with Gasteiger partial charge in [-0.15, -0.1) is 0 Å². The molecule has 0 aromatic carbocycles. The number of aliphatic hydroxyl groups excluding tert-OH is 1. The molecule has 0 bridgehead atoms. The van der Waals surface area contributed by atoms with Gasteiger partial charge in [0, 0.05) is 0 Å². The summed E-state index contributed by atoms with van der Waals surface area (Å²) in [5.41, 5.74) is -0.654. The van der Waals surface area contributed by atoms with Crippen LogP contribution in [-0.2, 0) is 0 Å². The van der Waals surface area contributed by atoms with Gasteiger partial charge in [0.15, 0.2) is 0 Å². The lowest BCUT2D eigenvalue weighted by Crippen LogP contribution is -2.28. The van der Waals surface area contributed by atoms with E-state index in [0.29, 0.717) is 5.76 Å². The first kappa shape index (κ1) is 12.2. The van der Waals surface area contributed by atoms with Gasteiger partial charge in [0.25, 0.3) is 0 Å². The second-order valence-electron chi connectivity index (χ2n) is 4.95. The molecule has 0 amide bonds. The van der Waals surface area contributed by atoms with Crippen molar-refractivity contribution >= 4 is 0 Å². The monoisotopic (exact) mass is 233 g/mol. The Kier molecular flexibility index (Phi) is 3.86. The van der Waals surface area contributed by atoms with Crippen molar-refractivity contribution in [3.05, 3.63) is 24.2 Å². The molecule has 3 heteroatoms. The van der Waals surface area contributed by atoms with E-state index in [1.54, 1.807) is 18.4 Å². The third kappa shape index (κ3) is 2.53. The van der Waals surface area contributed by atoms with Crippen LogP contribution in [0.25, 0.3) is 0 Å². The van der Waals surface area contributed by atoms with Crippen LogP contribution in [0.5, 0.6) is 0 Å². The molecule has 1 N–H and O–H groups in total. The normalized spacial score (nSPS) is 22.1. The topological polar surface area (TPSA) is 57.2 Å². The van der Waals surface area contributed by atoms with Crippen molar-refractivity contribution in [2.45, 2.75) is 51.0 Å². The van der Waals surface area contributed by atoms with E-state index in [4.69, 9.17) is 4.42 Å². The van der Waals surface area contributed by atoms with Crippen LogP contribution >= 0.6 is 0 Å². The molecule has 1 fully saturated rings. The van der Waals surface area contributed by atoms with Crippen LogP contribution in [0.2, 0.25) is 0 Å². The van der Waals surface area contributed by atoms with E-state index < -0.39 is 11.5 Å². The highest BCUT2D eigenvalue weighted by atomic mass is 16.4. The maximum absolute atomic E-state index is 10.4. The second-order valence-corrected chi connectivity index (χ2v) is 4.95. The molecule has 1 atom stereocenters. The van der Waals surface area contributed by atoms with Crippen LogP contribution in [0, 0.1) is 16.7 Å². The van der Waals surface area contributed by atoms with E-state index in [0.717, 1.165) is 38.5 Å². The number of nitrogens with zero attached hydrogens (tertiary/aromatic N) is 1. The lowest BCUT2D eigenvalue weighted by Gasteiger charge is -2.32. The van der Waals surface area contributed by atoms with Crippen LogP contribution < -0.4 is 0 Å². The summed E-state index contributed by atoms with van der Waals surface area (Å²) in [5.74, 6) is 0.520. The van der Waals surface area contributed by atoms with Gasteiger partial charge in [0.1, 0.15) is 11.9 Å². The summed E-state index contributed by atoms with van der Waals surface area (Å²) in [4.78, 5) is 0. The highest BCUT2D eigenvalue weighted by Gasteiger charge is 2.40. The molecule has 92 valence electrons. The van der Waals surface area contributed by atoms with E-state index in [9.17, 15) is 10.4 Å². The van der Waals surface area contributed by atoms with Crippen LogP contribution in [0.1, 0.15) is 56.8 Å². The Labute approximate surface area is 102 Å². The molecule has 1 aromatic rings. The molecule has 1 aliphatic rings. The first-order valence-electron chi connectivity index (χ1n) is 6.41. The predicted octanol–water partition coefficient (Wildman–Crippen LogP) is 3.57. The predicted molar refractivity (Wildman–Crippen MR) is 64.0 cm³/mol. The van der Waals surface area contributed by atoms with Crippen LogP contribution in [0.3, 0.4) is 0 Å². The molecule has 3 nitrogen and oxygen atoms in total. The molecule has 1 heterocycles. The zero-order chi connectivity index (χ0) is 12.1. The molecule has 17 heavy (non-hydrogen) atoms. The Morgan fingerprint density at radius 2 is 1.88 bits per heavy atom. The summed E-state index contributed by atoms with van der Waals surface area (Å²) < 4.78 is 5.25. The SMILES string of the molecule is N#CC1(C(O)c2ccco2)CCCCCCC1. The van der Waals surface area contributed by atoms with Crippen molar-refractivity contribution in [1.82, 2.24) is 0 Å². The maximum Gasteiger partial charge on any atom is 0.133 e. The molecule has 1 aromatic heterocycles. The van der Waals surface area contributed by atoms with Gasteiger partial charge in [0.05, 0.1) is 17.7 Å². The fourth-order valence-corrected chi connectivity index (χ4v) is 2.70. The zero-order valence-corrected chi connectivity index (χ0v) is 10.1. The standard InChI is InChI=1S/C14H19NO2/c15-11-14(8-4-2-1-3-5-9-14)13(16)12-7-6-10-17-12/h6-7,10,13,16H,1-5,8-9H2. The van der Waals surface area contributed by atoms with Crippen LogP contribution in [0.4, 0.5) is 0 Å². The summed E-state index contributed by atoms with van der Waals surface area (Å²) in [6.07, 6.45) is 7.90. The zero-order valence-electron chi connectivity index (χ0n) is 10.1. The molecule has 0 radical (unpaired) electrons. The first-order valence-corrected chi connectivity index (χ1v) is 6.41.